The molecule has 1 rings (SSSR count). The second-order valence-corrected chi connectivity index (χ2v) is 1.62. The Morgan fingerprint density at radius 1 is 1.38 bits per heavy atom. The normalized spacial score (nSPS) is 25.9. The van der Waals surface area contributed by atoms with Gasteiger partial charge < -0.3 is 10.5 Å². The topological polar surface area (TPSA) is 35.2 Å². The average molecular weight is 160 g/mol. The van der Waals surface area contributed by atoms with Crippen LogP contribution in [0.4, 0.5) is 0 Å². The van der Waals surface area contributed by atoms with Gasteiger partial charge in [-0.2, -0.15) is 0 Å². The second kappa shape index (κ2) is 5.63. The smallest absolute Gasteiger partial charge is 0.0618 e. The Kier molecular flexibility index (Phi) is 7.97. The standard InChI is InChI=1S/C4H9NO.2ClH/c5-4-1-2-6-3-4;;/h4H,1-3,5H2;2*1H/t4-;;/m1../s1. The van der Waals surface area contributed by atoms with Crippen molar-refractivity contribution < 1.29 is 4.74 Å². The van der Waals surface area contributed by atoms with Crippen LogP contribution in [0.3, 0.4) is 0 Å². The minimum Gasteiger partial charge on any atom is -0.380 e. The van der Waals surface area contributed by atoms with Crippen molar-refractivity contribution in [2.24, 2.45) is 5.73 Å². The van der Waals surface area contributed by atoms with E-state index in [2.05, 4.69) is 0 Å². The van der Waals surface area contributed by atoms with Crippen molar-refractivity contribution >= 4 is 24.8 Å². The molecule has 2 nitrogen and oxygen atoms in total. The summed E-state index contributed by atoms with van der Waals surface area (Å²) in [5.74, 6) is 0. The molecule has 0 unspecified atom stereocenters. The Morgan fingerprint density at radius 2 is 2.00 bits per heavy atom. The molecule has 0 aromatic rings. The van der Waals surface area contributed by atoms with E-state index in [0.717, 1.165) is 19.6 Å². The van der Waals surface area contributed by atoms with E-state index in [-0.39, 0.29) is 24.8 Å². The van der Waals surface area contributed by atoms with Crippen LogP contribution in [0.1, 0.15) is 6.42 Å². The van der Waals surface area contributed by atoms with Crippen molar-refractivity contribution in [1.29, 1.82) is 0 Å². The molecule has 0 aliphatic carbocycles. The largest absolute Gasteiger partial charge is 0.380 e. The molecule has 2 N–H and O–H groups in total. The molecule has 52 valence electrons. The Bertz CT molecular complexity index is 47.3. The number of halogens is 2. The molecule has 0 bridgehead atoms. The van der Waals surface area contributed by atoms with Gasteiger partial charge in [0.25, 0.3) is 0 Å². The number of hydrogen-bond donors (Lipinski definition) is 1. The molecule has 4 heteroatoms. The number of hydrogen-bond acceptors (Lipinski definition) is 2. The zero-order valence-corrected chi connectivity index (χ0v) is 6.13. The van der Waals surface area contributed by atoms with Gasteiger partial charge in [0.2, 0.25) is 0 Å². The maximum Gasteiger partial charge on any atom is 0.0618 e. The fourth-order valence-electron chi connectivity index (χ4n) is 0.553. The highest BCUT2D eigenvalue weighted by Crippen LogP contribution is 1.98. The lowest BCUT2D eigenvalue weighted by Gasteiger charge is -1.90. The molecule has 1 fully saturated rings. The second-order valence-electron chi connectivity index (χ2n) is 1.62. The van der Waals surface area contributed by atoms with E-state index in [4.69, 9.17) is 10.5 Å². The summed E-state index contributed by atoms with van der Waals surface area (Å²) in [5, 5.41) is 0. The zero-order chi connectivity index (χ0) is 4.41. The quantitative estimate of drug-likeness (QED) is 0.562. The molecule has 8 heavy (non-hydrogen) atoms. The van der Waals surface area contributed by atoms with Crippen molar-refractivity contribution in [3.8, 4) is 0 Å². The van der Waals surface area contributed by atoms with Crippen LogP contribution in [-0.4, -0.2) is 19.3 Å². The van der Waals surface area contributed by atoms with Crippen molar-refractivity contribution in [2.45, 2.75) is 12.5 Å². The molecule has 0 aromatic carbocycles. The molecular formula is C4H11Cl2NO. The van der Waals surface area contributed by atoms with Gasteiger partial charge in [0.15, 0.2) is 0 Å². The molecule has 1 aliphatic rings. The SMILES string of the molecule is Cl.Cl.N[C@@H]1CCOC1. The van der Waals surface area contributed by atoms with Gasteiger partial charge in [0.1, 0.15) is 0 Å². The first kappa shape index (κ1) is 11.3. The first-order valence-corrected chi connectivity index (χ1v) is 2.23. The van der Waals surface area contributed by atoms with E-state index in [1.165, 1.54) is 0 Å². The third-order valence-electron chi connectivity index (χ3n) is 0.965. The average Bonchev–Trinajstić information content (AvgIpc) is 1.86. The maximum atomic E-state index is 5.41. The van der Waals surface area contributed by atoms with Crippen molar-refractivity contribution in [1.82, 2.24) is 0 Å². The fourth-order valence-corrected chi connectivity index (χ4v) is 0.553. The third-order valence-corrected chi connectivity index (χ3v) is 0.965. The molecule has 0 spiro atoms. The molecule has 0 saturated carbocycles. The molecule has 1 heterocycles. The number of ether oxygens (including phenoxy) is 1. The van der Waals surface area contributed by atoms with Crippen molar-refractivity contribution in [3.05, 3.63) is 0 Å². The summed E-state index contributed by atoms with van der Waals surface area (Å²) in [4.78, 5) is 0. The summed E-state index contributed by atoms with van der Waals surface area (Å²) < 4.78 is 4.93. The van der Waals surface area contributed by atoms with Crippen LogP contribution in [0.15, 0.2) is 0 Å². The highest BCUT2D eigenvalue weighted by atomic mass is 35.5. The van der Waals surface area contributed by atoms with Gasteiger partial charge in [0.05, 0.1) is 6.61 Å². The molecule has 1 aliphatic heterocycles. The minimum absolute atomic E-state index is 0. The maximum absolute atomic E-state index is 5.41. The van der Waals surface area contributed by atoms with E-state index in [1.54, 1.807) is 0 Å². The molecular weight excluding hydrogens is 149 g/mol. The minimum atomic E-state index is 0. The lowest BCUT2D eigenvalue weighted by molar-refractivity contribution is 0.194. The van der Waals surface area contributed by atoms with Crippen LogP contribution >= 0.6 is 24.8 Å². The Balaban J connectivity index is 0. The number of nitrogens with two attached hydrogens (primary N) is 1. The summed E-state index contributed by atoms with van der Waals surface area (Å²) in [6.07, 6.45) is 1.04. The predicted molar refractivity (Wildman–Crippen MR) is 37.9 cm³/mol. The van der Waals surface area contributed by atoms with Crippen LogP contribution in [0, 0.1) is 0 Å². The lowest BCUT2D eigenvalue weighted by atomic mass is 10.3. The van der Waals surface area contributed by atoms with Crippen LogP contribution in [0.25, 0.3) is 0 Å². The van der Waals surface area contributed by atoms with Crippen molar-refractivity contribution in [3.63, 3.8) is 0 Å². The van der Waals surface area contributed by atoms with E-state index in [1.807, 2.05) is 0 Å². The third kappa shape index (κ3) is 3.50. The summed E-state index contributed by atoms with van der Waals surface area (Å²) in [6, 6.07) is 0.324. The number of rotatable bonds is 0. The van der Waals surface area contributed by atoms with Gasteiger partial charge >= 0.3 is 0 Å². The fraction of sp³-hybridized carbons (Fsp3) is 1.00. The van der Waals surface area contributed by atoms with Gasteiger partial charge in [-0.25, -0.2) is 0 Å². The molecule has 0 radical (unpaired) electrons. The zero-order valence-electron chi connectivity index (χ0n) is 4.50. The van der Waals surface area contributed by atoms with Crippen LogP contribution in [0.2, 0.25) is 0 Å². The van der Waals surface area contributed by atoms with E-state index >= 15 is 0 Å². The Labute approximate surface area is 61.6 Å². The van der Waals surface area contributed by atoms with Gasteiger partial charge in [-0.05, 0) is 6.42 Å². The summed E-state index contributed by atoms with van der Waals surface area (Å²) >= 11 is 0. The summed E-state index contributed by atoms with van der Waals surface area (Å²) in [6.45, 7) is 1.63. The summed E-state index contributed by atoms with van der Waals surface area (Å²) in [7, 11) is 0. The molecule has 0 amide bonds. The Morgan fingerprint density at radius 3 is 2.12 bits per heavy atom. The van der Waals surface area contributed by atoms with Crippen LogP contribution in [0.5, 0.6) is 0 Å². The molecule has 1 saturated heterocycles. The van der Waals surface area contributed by atoms with Crippen molar-refractivity contribution in [2.75, 3.05) is 13.2 Å². The van der Waals surface area contributed by atoms with E-state index < -0.39 is 0 Å². The summed E-state index contributed by atoms with van der Waals surface area (Å²) in [5.41, 5.74) is 5.41. The molecule has 1 atom stereocenters. The molecule has 0 aromatic heterocycles. The van der Waals surface area contributed by atoms with Crippen LogP contribution < -0.4 is 5.73 Å². The lowest BCUT2D eigenvalue weighted by Crippen LogP contribution is -2.18. The van der Waals surface area contributed by atoms with E-state index in [0.29, 0.717) is 6.04 Å². The monoisotopic (exact) mass is 159 g/mol. The van der Waals surface area contributed by atoms with Crippen LogP contribution in [-0.2, 0) is 4.74 Å². The van der Waals surface area contributed by atoms with Gasteiger partial charge in [-0.15, -0.1) is 24.8 Å². The Hall–Kier alpha value is 0.500. The predicted octanol–water partition coefficient (Wildman–Crippen LogP) is 0.578. The van der Waals surface area contributed by atoms with Gasteiger partial charge in [0, 0.05) is 12.6 Å². The van der Waals surface area contributed by atoms with Gasteiger partial charge in [-0.3, -0.25) is 0 Å². The van der Waals surface area contributed by atoms with Gasteiger partial charge in [-0.1, -0.05) is 0 Å². The first-order valence-electron chi connectivity index (χ1n) is 2.23. The van der Waals surface area contributed by atoms with E-state index in [9.17, 15) is 0 Å². The highest BCUT2D eigenvalue weighted by Gasteiger charge is 2.07. The first-order chi connectivity index (χ1) is 2.89. The highest BCUT2D eigenvalue weighted by molar-refractivity contribution is 5.85.